The van der Waals surface area contributed by atoms with Crippen LogP contribution in [0, 0.1) is 5.92 Å². The molecule has 2 heteroatoms. The highest BCUT2D eigenvalue weighted by atomic mass is 15.2. The SMILES string of the molecule is C1CCCC(N2CCCCCC2C2CCNCC2)CC1. The van der Waals surface area contributed by atoms with E-state index in [1.54, 1.807) is 0 Å². The van der Waals surface area contributed by atoms with Crippen molar-refractivity contribution in [1.82, 2.24) is 10.2 Å². The second kappa shape index (κ2) is 7.79. The molecule has 0 aromatic carbocycles. The monoisotopic (exact) mass is 278 g/mol. The van der Waals surface area contributed by atoms with Crippen LogP contribution < -0.4 is 5.32 Å². The van der Waals surface area contributed by atoms with Crippen LogP contribution in [-0.4, -0.2) is 36.6 Å². The third-order valence-electron chi connectivity index (χ3n) is 6.06. The highest BCUT2D eigenvalue weighted by Gasteiger charge is 2.33. The van der Waals surface area contributed by atoms with Crippen molar-refractivity contribution < 1.29 is 0 Å². The third kappa shape index (κ3) is 3.76. The maximum atomic E-state index is 3.56. The molecule has 2 aliphatic heterocycles. The van der Waals surface area contributed by atoms with Crippen molar-refractivity contribution in [3.8, 4) is 0 Å². The first-order valence-electron chi connectivity index (χ1n) is 9.41. The molecule has 0 radical (unpaired) electrons. The van der Waals surface area contributed by atoms with Crippen molar-refractivity contribution >= 4 is 0 Å². The first kappa shape index (κ1) is 14.8. The van der Waals surface area contributed by atoms with E-state index in [1.165, 1.54) is 96.7 Å². The molecular weight excluding hydrogens is 244 g/mol. The van der Waals surface area contributed by atoms with Crippen LogP contribution in [0.2, 0.25) is 0 Å². The molecule has 2 saturated heterocycles. The Morgan fingerprint density at radius 3 is 2.05 bits per heavy atom. The van der Waals surface area contributed by atoms with Gasteiger partial charge in [0.1, 0.15) is 0 Å². The molecule has 116 valence electrons. The predicted molar refractivity (Wildman–Crippen MR) is 86.0 cm³/mol. The molecule has 1 atom stereocenters. The van der Waals surface area contributed by atoms with Crippen LogP contribution in [0.5, 0.6) is 0 Å². The van der Waals surface area contributed by atoms with Gasteiger partial charge in [0.25, 0.3) is 0 Å². The van der Waals surface area contributed by atoms with Crippen LogP contribution >= 0.6 is 0 Å². The van der Waals surface area contributed by atoms with Gasteiger partial charge in [-0.3, -0.25) is 4.90 Å². The minimum absolute atomic E-state index is 0.919. The van der Waals surface area contributed by atoms with Gasteiger partial charge in [-0.15, -0.1) is 0 Å². The van der Waals surface area contributed by atoms with Crippen LogP contribution in [0.4, 0.5) is 0 Å². The second-order valence-corrected chi connectivity index (χ2v) is 7.39. The van der Waals surface area contributed by atoms with Gasteiger partial charge in [-0.2, -0.15) is 0 Å². The summed E-state index contributed by atoms with van der Waals surface area (Å²) in [6.45, 7) is 3.93. The van der Waals surface area contributed by atoms with Gasteiger partial charge in [-0.05, 0) is 64.1 Å². The van der Waals surface area contributed by atoms with Gasteiger partial charge in [0.05, 0.1) is 0 Å². The number of nitrogens with zero attached hydrogens (tertiary/aromatic N) is 1. The molecule has 0 aromatic heterocycles. The Labute approximate surface area is 125 Å². The van der Waals surface area contributed by atoms with Crippen molar-refractivity contribution in [3.05, 3.63) is 0 Å². The first-order chi connectivity index (χ1) is 9.95. The quantitative estimate of drug-likeness (QED) is 0.769. The Balaban J connectivity index is 1.68. The summed E-state index contributed by atoms with van der Waals surface area (Å²) < 4.78 is 0. The molecule has 3 rings (SSSR count). The average Bonchev–Trinajstić information content (AvgIpc) is 2.90. The molecule has 1 unspecified atom stereocenters. The maximum Gasteiger partial charge on any atom is 0.0127 e. The number of nitrogens with one attached hydrogen (secondary N) is 1. The van der Waals surface area contributed by atoms with Gasteiger partial charge < -0.3 is 5.32 Å². The lowest BCUT2D eigenvalue weighted by atomic mass is 9.85. The zero-order valence-corrected chi connectivity index (χ0v) is 13.3. The lowest BCUT2D eigenvalue weighted by molar-refractivity contribution is 0.0711. The number of likely N-dealkylation sites (tertiary alicyclic amines) is 1. The Morgan fingerprint density at radius 2 is 1.30 bits per heavy atom. The predicted octanol–water partition coefficient (Wildman–Crippen LogP) is 3.95. The summed E-state index contributed by atoms with van der Waals surface area (Å²) in [6.07, 6.45) is 17.7. The molecule has 3 aliphatic rings. The summed E-state index contributed by atoms with van der Waals surface area (Å²) in [5.74, 6) is 0.984. The fourth-order valence-corrected chi connectivity index (χ4v) is 4.93. The Hall–Kier alpha value is -0.0800. The summed E-state index contributed by atoms with van der Waals surface area (Å²) in [7, 11) is 0. The van der Waals surface area contributed by atoms with E-state index < -0.39 is 0 Å². The van der Waals surface area contributed by atoms with Crippen LogP contribution in [0.15, 0.2) is 0 Å². The fourth-order valence-electron chi connectivity index (χ4n) is 4.93. The number of hydrogen-bond acceptors (Lipinski definition) is 2. The molecule has 0 amide bonds. The van der Waals surface area contributed by atoms with Crippen molar-refractivity contribution in [1.29, 1.82) is 0 Å². The average molecular weight is 278 g/mol. The van der Waals surface area contributed by atoms with Gasteiger partial charge in [0.15, 0.2) is 0 Å². The Morgan fingerprint density at radius 1 is 0.650 bits per heavy atom. The smallest absolute Gasteiger partial charge is 0.0127 e. The zero-order chi connectivity index (χ0) is 13.6. The van der Waals surface area contributed by atoms with E-state index in [4.69, 9.17) is 0 Å². The third-order valence-corrected chi connectivity index (χ3v) is 6.06. The van der Waals surface area contributed by atoms with E-state index in [-0.39, 0.29) is 0 Å². The van der Waals surface area contributed by atoms with Crippen molar-refractivity contribution in [2.24, 2.45) is 5.92 Å². The van der Waals surface area contributed by atoms with Gasteiger partial charge in [-0.1, -0.05) is 38.5 Å². The van der Waals surface area contributed by atoms with Crippen LogP contribution in [0.25, 0.3) is 0 Å². The van der Waals surface area contributed by atoms with Crippen molar-refractivity contribution in [3.63, 3.8) is 0 Å². The van der Waals surface area contributed by atoms with E-state index in [1.807, 2.05) is 0 Å². The molecule has 0 aromatic rings. The minimum atomic E-state index is 0.919. The molecule has 1 saturated carbocycles. The molecule has 2 nitrogen and oxygen atoms in total. The van der Waals surface area contributed by atoms with E-state index in [0.717, 1.165) is 18.0 Å². The topological polar surface area (TPSA) is 15.3 Å². The lowest BCUT2D eigenvalue weighted by Gasteiger charge is -2.42. The zero-order valence-electron chi connectivity index (χ0n) is 13.3. The van der Waals surface area contributed by atoms with E-state index in [9.17, 15) is 0 Å². The number of rotatable bonds is 2. The van der Waals surface area contributed by atoms with E-state index in [2.05, 4.69) is 10.2 Å². The molecule has 20 heavy (non-hydrogen) atoms. The first-order valence-corrected chi connectivity index (χ1v) is 9.41. The van der Waals surface area contributed by atoms with E-state index in [0.29, 0.717) is 0 Å². The normalized spacial score (nSPS) is 32.7. The van der Waals surface area contributed by atoms with Gasteiger partial charge in [-0.25, -0.2) is 0 Å². The standard InChI is InChI=1S/C18H34N2/c1-2-5-9-17(8-4-1)20-15-7-3-6-10-18(20)16-11-13-19-14-12-16/h16-19H,1-15H2. The summed E-state index contributed by atoms with van der Waals surface area (Å²) in [4.78, 5) is 3.01. The summed E-state index contributed by atoms with van der Waals surface area (Å²) in [5, 5.41) is 3.56. The molecule has 0 spiro atoms. The Kier molecular flexibility index (Phi) is 5.78. The number of hydrogen-bond donors (Lipinski definition) is 1. The molecule has 2 heterocycles. The van der Waals surface area contributed by atoms with Crippen molar-refractivity contribution in [2.45, 2.75) is 89.1 Å². The van der Waals surface area contributed by atoms with Crippen LogP contribution in [-0.2, 0) is 0 Å². The van der Waals surface area contributed by atoms with Crippen molar-refractivity contribution in [2.75, 3.05) is 19.6 Å². The summed E-state index contributed by atoms with van der Waals surface area (Å²) >= 11 is 0. The molecular formula is C18H34N2. The Bertz CT molecular complexity index is 265. The molecule has 1 aliphatic carbocycles. The highest BCUT2D eigenvalue weighted by Crippen LogP contribution is 2.33. The lowest BCUT2D eigenvalue weighted by Crippen LogP contribution is -2.48. The second-order valence-electron chi connectivity index (χ2n) is 7.39. The van der Waals surface area contributed by atoms with Crippen LogP contribution in [0.3, 0.4) is 0 Å². The van der Waals surface area contributed by atoms with Gasteiger partial charge in [0.2, 0.25) is 0 Å². The minimum Gasteiger partial charge on any atom is -0.317 e. The maximum absolute atomic E-state index is 3.56. The van der Waals surface area contributed by atoms with Crippen LogP contribution in [0.1, 0.15) is 77.0 Å². The highest BCUT2D eigenvalue weighted by molar-refractivity contribution is 4.88. The van der Waals surface area contributed by atoms with Gasteiger partial charge >= 0.3 is 0 Å². The largest absolute Gasteiger partial charge is 0.317 e. The molecule has 1 N–H and O–H groups in total. The molecule has 3 fully saturated rings. The fraction of sp³-hybridized carbons (Fsp3) is 1.00. The molecule has 0 bridgehead atoms. The number of piperidine rings is 1. The van der Waals surface area contributed by atoms with E-state index >= 15 is 0 Å². The van der Waals surface area contributed by atoms with Gasteiger partial charge in [0, 0.05) is 12.1 Å². The summed E-state index contributed by atoms with van der Waals surface area (Å²) in [6, 6.07) is 1.85. The summed E-state index contributed by atoms with van der Waals surface area (Å²) in [5.41, 5.74) is 0.